The van der Waals surface area contributed by atoms with E-state index in [0.29, 0.717) is 28.7 Å². The van der Waals surface area contributed by atoms with Gasteiger partial charge in [-0.05, 0) is 54.3 Å². The topological polar surface area (TPSA) is 92.6 Å². The first-order chi connectivity index (χ1) is 17.7. The smallest absolute Gasteiger partial charge is 0.301 e. The van der Waals surface area contributed by atoms with Gasteiger partial charge in [0.1, 0.15) is 17.6 Å². The second-order valence-electron chi connectivity index (χ2n) is 9.81. The van der Waals surface area contributed by atoms with Gasteiger partial charge in [-0.15, -0.1) is 0 Å². The van der Waals surface area contributed by atoms with E-state index in [-0.39, 0.29) is 16.7 Å². The van der Waals surface area contributed by atoms with Gasteiger partial charge in [-0.2, -0.15) is 0 Å². The number of nitrogens with zero attached hydrogens (tertiary/aromatic N) is 3. The summed E-state index contributed by atoms with van der Waals surface area (Å²) in [7, 11) is 0. The molecule has 1 amide bonds. The Morgan fingerprint density at radius 3 is 2.59 bits per heavy atom. The molecule has 1 aliphatic rings. The fourth-order valence-electron chi connectivity index (χ4n) is 4.38. The molecule has 1 unspecified atom stereocenters. The lowest BCUT2D eigenvalue weighted by atomic mass is 9.87. The van der Waals surface area contributed by atoms with Gasteiger partial charge in [0.2, 0.25) is 0 Å². The maximum Gasteiger partial charge on any atom is 0.301 e. The van der Waals surface area contributed by atoms with Crippen LogP contribution in [0.5, 0.6) is 5.75 Å². The number of aliphatic hydroxyl groups is 1. The van der Waals surface area contributed by atoms with Crippen LogP contribution < -0.4 is 9.64 Å². The predicted molar refractivity (Wildman–Crippen MR) is 145 cm³/mol. The fourth-order valence-corrected chi connectivity index (χ4v) is 5.42. The van der Waals surface area contributed by atoms with Gasteiger partial charge in [-0.25, -0.2) is 4.98 Å². The summed E-state index contributed by atoms with van der Waals surface area (Å²) in [6.45, 7) is 8.72. The van der Waals surface area contributed by atoms with Crippen molar-refractivity contribution in [2.24, 2.45) is 0 Å². The first kappa shape index (κ1) is 24.6. The van der Waals surface area contributed by atoms with E-state index in [0.717, 1.165) is 15.8 Å². The van der Waals surface area contributed by atoms with Crippen molar-refractivity contribution in [3.8, 4) is 5.75 Å². The summed E-state index contributed by atoms with van der Waals surface area (Å²) in [5.41, 5.74) is 2.63. The predicted octanol–water partition coefficient (Wildman–Crippen LogP) is 6.01. The molecule has 3 heterocycles. The van der Waals surface area contributed by atoms with Crippen molar-refractivity contribution >= 4 is 44.1 Å². The molecule has 0 saturated carbocycles. The second-order valence-corrected chi connectivity index (χ2v) is 10.8. The molecule has 2 aromatic carbocycles. The van der Waals surface area contributed by atoms with Crippen LogP contribution in [0.3, 0.4) is 0 Å². The number of ether oxygens (including phenoxy) is 1. The van der Waals surface area contributed by atoms with Crippen LogP contribution >= 0.6 is 11.3 Å². The quantitative estimate of drug-likeness (QED) is 0.199. The van der Waals surface area contributed by atoms with Gasteiger partial charge >= 0.3 is 5.91 Å². The average Bonchev–Trinajstić information content (AvgIpc) is 3.42. The van der Waals surface area contributed by atoms with Crippen LogP contribution in [0.2, 0.25) is 0 Å². The van der Waals surface area contributed by atoms with Crippen LogP contribution in [-0.2, 0) is 15.0 Å². The normalized spacial score (nSPS) is 17.5. The van der Waals surface area contributed by atoms with Crippen molar-refractivity contribution < 1.29 is 19.4 Å². The third-order valence-corrected chi connectivity index (χ3v) is 7.30. The Labute approximate surface area is 219 Å². The SMILES string of the molecule is CCOc1cccc(/C(O)=C2\C(=O)C(=O)N(c3nc4ccc(C(C)(C)C)cc4s3)C2c2ccccn2)c1. The molecule has 1 saturated heterocycles. The summed E-state index contributed by atoms with van der Waals surface area (Å²) in [5.74, 6) is -1.27. The largest absolute Gasteiger partial charge is 0.507 e. The minimum absolute atomic E-state index is 0.0352. The zero-order chi connectivity index (χ0) is 26.3. The minimum Gasteiger partial charge on any atom is -0.507 e. The number of Topliss-reactive ketones (excluding diaryl/α,β-unsaturated/α-hetero) is 1. The van der Waals surface area contributed by atoms with Gasteiger partial charge in [0, 0.05) is 11.8 Å². The highest BCUT2D eigenvalue weighted by Gasteiger charge is 2.48. The molecule has 1 fully saturated rings. The Morgan fingerprint density at radius 2 is 1.89 bits per heavy atom. The number of hydrogen-bond donors (Lipinski definition) is 1. The molecule has 8 heteroatoms. The summed E-state index contributed by atoms with van der Waals surface area (Å²) in [4.78, 5) is 37.4. The van der Waals surface area contributed by atoms with Crippen LogP contribution in [0.15, 0.2) is 72.4 Å². The Kier molecular flexibility index (Phi) is 6.29. The summed E-state index contributed by atoms with van der Waals surface area (Å²) in [6, 6.07) is 17.2. The Bertz CT molecular complexity index is 1540. The van der Waals surface area contributed by atoms with Crippen LogP contribution in [0.1, 0.15) is 50.6 Å². The number of carbonyl (C=O) groups excluding carboxylic acids is 2. The van der Waals surface area contributed by atoms with Crippen molar-refractivity contribution in [2.75, 3.05) is 11.5 Å². The summed E-state index contributed by atoms with van der Waals surface area (Å²) < 4.78 is 6.47. The van der Waals surface area contributed by atoms with Crippen LogP contribution in [0.25, 0.3) is 16.0 Å². The van der Waals surface area contributed by atoms with Gasteiger partial charge in [0.25, 0.3) is 5.78 Å². The number of fused-ring (bicyclic) bond motifs is 1. The number of anilines is 1. The Morgan fingerprint density at radius 1 is 1.08 bits per heavy atom. The molecule has 37 heavy (non-hydrogen) atoms. The first-order valence-electron chi connectivity index (χ1n) is 12.0. The summed E-state index contributed by atoms with van der Waals surface area (Å²) in [6.07, 6.45) is 1.60. The molecule has 1 aliphatic heterocycles. The molecular weight excluding hydrogens is 486 g/mol. The Hall–Kier alpha value is -4.04. The van der Waals surface area contributed by atoms with E-state index in [2.05, 4.69) is 31.8 Å². The highest BCUT2D eigenvalue weighted by molar-refractivity contribution is 7.22. The van der Waals surface area contributed by atoms with Gasteiger partial charge in [0.05, 0.1) is 28.1 Å². The zero-order valence-electron chi connectivity index (χ0n) is 21.1. The zero-order valence-corrected chi connectivity index (χ0v) is 21.9. The molecule has 188 valence electrons. The molecule has 0 spiro atoms. The first-order valence-corrected chi connectivity index (χ1v) is 12.9. The highest BCUT2D eigenvalue weighted by atomic mass is 32.1. The molecule has 4 aromatic rings. The van der Waals surface area contributed by atoms with Crippen LogP contribution in [0, 0.1) is 0 Å². The molecule has 1 N–H and O–H groups in total. The highest BCUT2D eigenvalue weighted by Crippen LogP contribution is 2.44. The van der Waals surface area contributed by atoms with Gasteiger partial charge < -0.3 is 9.84 Å². The molecule has 0 aliphatic carbocycles. The van der Waals surface area contributed by atoms with E-state index in [1.165, 1.54) is 16.2 Å². The molecular formula is C29H27N3O4S. The monoisotopic (exact) mass is 513 g/mol. The molecule has 0 bridgehead atoms. The second kappa shape index (κ2) is 9.44. The number of ketones is 1. The fraction of sp³-hybridized carbons (Fsp3) is 0.241. The van der Waals surface area contributed by atoms with E-state index >= 15 is 0 Å². The number of aromatic nitrogens is 2. The lowest BCUT2D eigenvalue weighted by Gasteiger charge is -2.22. The third kappa shape index (κ3) is 4.49. The molecule has 2 aromatic heterocycles. The van der Waals surface area contributed by atoms with Crippen molar-refractivity contribution in [3.05, 3.63) is 89.3 Å². The lowest BCUT2D eigenvalue weighted by molar-refractivity contribution is -0.132. The average molecular weight is 514 g/mol. The molecule has 1 atom stereocenters. The van der Waals surface area contributed by atoms with Crippen LogP contribution in [0.4, 0.5) is 5.13 Å². The maximum atomic E-state index is 13.5. The van der Waals surface area contributed by atoms with Crippen molar-refractivity contribution in [1.82, 2.24) is 9.97 Å². The number of amides is 1. The van der Waals surface area contributed by atoms with Gasteiger partial charge in [-0.1, -0.05) is 56.4 Å². The van der Waals surface area contributed by atoms with E-state index in [4.69, 9.17) is 9.72 Å². The summed E-state index contributed by atoms with van der Waals surface area (Å²) >= 11 is 1.34. The van der Waals surface area contributed by atoms with E-state index < -0.39 is 17.7 Å². The summed E-state index contributed by atoms with van der Waals surface area (Å²) in [5, 5.41) is 11.7. The molecule has 7 nitrogen and oxygen atoms in total. The minimum atomic E-state index is -0.931. The lowest BCUT2D eigenvalue weighted by Crippen LogP contribution is -2.29. The van der Waals surface area contributed by atoms with Crippen molar-refractivity contribution in [1.29, 1.82) is 0 Å². The number of aliphatic hydroxyl groups excluding tert-OH is 1. The van der Waals surface area contributed by atoms with Gasteiger partial charge in [0.15, 0.2) is 5.13 Å². The number of carbonyl (C=O) groups is 2. The van der Waals surface area contributed by atoms with E-state index in [1.54, 1.807) is 48.7 Å². The van der Waals surface area contributed by atoms with E-state index in [9.17, 15) is 14.7 Å². The maximum absolute atomic E-state index is 13.5. The van der Waals surface area contributed by atoms with Crippen molar-refractivity contribution in [3.63, 3.8) is 0 Å². The van der Waals surface area contributed by atoms with Gasteiger partial charge in [-0.3, -0.25) is 19.5 Å². The number of thiazole rings is 1. The number of rotatable bonds is 5. The van der Waals surface area contributed by atoms with E-state index in [1.807, 2.05) is 19.1 Å². The Balaban J connectivity index is 1.68. The van der Waals surface area contributed by atoms with Crippen LogP contribution in [-0.4, -0.2) is 33.4 Å². The number of hydrogen-bond acceptors (Lipinski definition) is 7. The molecule has 0 radical (unpaired) electrons. The number of benzene rings is 2. The third-order valence-electron chi connectivity index (χ3n) is 6.28. The van der Waals surface area contributed by atoms with Crippen molar-refractivity contribution in [2.45, 2.75) is 39.2 Å². The standard InChI is InChI=1S/C29H27N3O4S/c1-5-36-19-10-8-9-17(15-19)25(33)23-24(21-11-6-7-14-30-21)32(27(35)26(23)34)28-31-20-13-12-18(29(2,3)4)16-22(20)37-28/h6-16,24,33H,5H2,1-4H3/b25-23+. The number of pyridine rings is 1. The molecule has 5 rings (SSSR count).